The molecule has 2 heterocycles. The van der Waals surface area contributed by atoms with Gasteiger partial charge in [0.25, 0.3) is 0 Å². The van der Waals surface area contributed by atoms with Gasteiger partial charge in [-0.05, 0) is 91.1 Å². The van der Waals surface area contributed by atoms with Crippen LogP contribution in [0, 0.1) is 0 Å². The number of fused-ring (bicyclic) bond motifs is 9. The molecule has 11 aromatic rings. The van der Waals surface area contributed by atoms with Gasteiger partial charge in [0.15, 0.2) is 17.5 Å². The molecule has 302 valence electrons. The molecule has 1 aliphatic rings. The molecule has 9 aromatic carbocycles. The van der Waals surface area contributed by atoms with Crippen LogP contribution in [0.5, 0.6) is 0 Å². The average molecular weight is 811 g/mol. The molecule has 0 spiro atoms. The van der Waals surface area contributed by atoms with Crippen molar-refractivity contribution < 1.29 is 0 Å². The lowest BCUT2D eigenvalue weighted by atomic mass is 9.62. The summed E-state index contributed by atoms with van der Waals surface area (Å²) in [6, 6.07) is 65.7. The summed E-state index contributed by atoms with van der Waals surface area (Å²) in [5.74, 6) is 1.92. The fraction of sp³-hybridized carbons (Fsp3) is 0.136. The highest BCUT2D eigenvalue weighted by Gasteiger charge is 2.40. The zero-order chi connectivity index (χ0) is 42.5. The van der Waals surface area contributed by atoms with Gasteiger partial charge >= 0.3 is 0 Å². The third-order valence-electron chi connectivity index (χ3n) is 13.8. The molecular weight excluding hydrogens is 765 g/mol. The van der Waals surface area contributed by atoms with Crippen molar-refractivity contribution in [1.29, 1.82) is 0 Å². The smallest absolute Gasteiger partial charge is 0.164 e. The van der Waals surface area contributed by atoms with Crippen LogP contribution in [0.15, 0.2) is 182 Å². The molecule has 63 heavy (non-hydrogen) atoms. The van der Waals surface area contributed by atoms with Crippen molar-refractivity contribution in [2.75, 3.05) is 0 Å². The van der Waals surface area contributed by atoms with E-state index in [4.69, 9.17) is 15.0 Å². The Morgan fingerprint density at radius 2 is 0.984 bits per heavy atom. The van der Waals surface area contributed by atoms with E-state index in [2.05, 4.69) is 196 Å². The largest absolute Gasteiger partial charge is 0.308 e. The van der Waals surface area contributed by atoms with E-state index in [1.165, 1.54) is 65.4 Å². The fourth-order valence-corrected chi connectivity index (χ4v) is 10.5. The number of hydrogen-bond donors (Lipinski definition) is 0. The molecule has 4 heteroatoms. The third kappa shape index (κ3) is 6.00. The molecule has 0 saturated carbocycles. The van der Waals surface area contributed by atoms with Gasteiger partial charge in [-0.1, -0.05) is 191 Å². The maximum absolute atomic E-state index is 5.33. The van der Waals surface area contributed by atoms with Gasteiger partial charge in [0, 0.05) is 32.8 Å². The quantitative estimate of drug-likeness (QED) is 0.174. The zero-order valence-corrected chi connectivity index (χ0v) is 36.0. The molecule has 0 atom stereocenters. The topological polar surface area (TPSA) is 43.6 Å². The predicted octanol–water partition coefficient (Wildman–Crippen LogP) is 15.4. The first-order chi connectivity index (χ1) is 30.7. The molecule has 12 rings (SSSR count). The van der Waals surface area contributed by atoms with E-state index in [0.29, 0.717) is 17.5 Å². The van der Waals surface area contributed by atoms with Crippen LogP contribution in [0.25, 0.3) is 105 Å². The van der Waals surface area contributed by atoms with E-state index in [0.717, 1.165) is 46.2 Å². The third-order valence-corrected chi connectivity index (χ3v) is 13.8. The Labute approximate surface area is 367 Å². The molecular formula is C59H46N4. The van der Waals surface area contributed by atoms with Crippen molar-refractivity contribution in [3.8, 4) is 51.0 Å². The van der Waals surface area contributed by atoms with Crippen LogP contribution in [-0.2, 0) is 10.8 Å². The van der Waals surface area contributed by atoms with E-state index in [1.807, 2.05) is 18.2 Å². The lowest BCUT2D eigenvalue weighted by molar-refractivity contribution is 0.334. The van der Waals surface area contributed by atoms with Crippen LogP contribution in [0.3, 0.4) is 0 Å². The number of benzene rings is 9. The van der Waals surface area contributed by atoms with E-state index < -0.39 is 0 Å². The van der Waals surface area contributed by atoms with Gasteiger partial charge in [-0.15, -0.1) is 0 Å². The molecule has 4 nitrogen and oxygen atoms in total. The minimum Gasteiger partial charge on any atom is -0.308 e. The molecule has 0 aliphatic heterocycles. The summed E-state index contributed by atoms with van der Waals surface area (Å²) in [6.07, 6.45) is 2.27. The summed E-state index contributed by atoms with van der Waals surface area (Å²) in [5.41, 5.74) is 11.7. The standard InChI is InChI=1S/C59H46N4/c1-58(2)33-34-59(3,4)53-49(58)31-30-48-52-47-23-13-9-16-38(47)29-32-50(52)63(54(48)53)51-36-43(35-42-19-10-12-22-46(42)51)57-61-55(40-17-6-5-7-18-40)60-56(62-57)41-27-25-39(26-28-41)45-24-14-20-37-15-8-11-21-44(37)45/h5-32,35-36H,33-34H2,1-4H3. The van der Waals surface area contributed by atoms with Crippen LogP contribution in [-0.4, -0.2) is 19.5 Å². The summed E-state index contributed by atoms with van der Waals surface area (Å²) < 4.78 is 2.58. The Morgan fingerprint density at radius 3 is 1.73 bits per heavy atom. The summed E-state index contributed by atoms with van der Waals surface area (Å²) in [4.78, 5) is 15.7. The van der Waals surface area contributed by atoms with Crippen molar-refractivity contribution in [3.05, 3.63) is 193 Å². The Bertz CT molecular complexity index is 3610. The highest BCUT2D eigenvalue weighted by molar-refractivity contribution is 6.22. The average Bonchev–Trinajstić information content (AvgIpc) is 3.67. The van der Waals surface area contributed by atoms with Crippen molar-refractivity contribution >= 4 is 54.1 Å². The summed E-state index contributed by atoms with van der Waals surface area (Å²) in [6.45, 7) is 9.73. The summed E-state index contributed by atoms with van der Waals surface area (Å²) in [5, 5.41) is 9.88. The lowest BCUT2D eigenvalue weighted by Gasteiger charge is -2.42. The van der Waals surface area contributed by atoms with Crippen molar-refractivity contribution in [1.82, 2.24) is 19.5 Å². The van der Waals surface area contributed by atoms with Crippen LogP contribution in [0.4, 0.5) is 0 Å². The number of aromatic nitrogens is 4. The Kier molecular flexibility index (Phi) is 8.33. The maximum Gasteiger partial charge on any atom is 0.164 e. The minimum atomic E-state index is -0.0312. The first kappa shape index (κ1) is 37.3. The first-order valence-corrected chi connectivity index (χ1v) is 22.2. The van der Waals surface area contributed by atoms with Gasteiger partial charge in [-0.25, -0.2) is 15.0 Å². The van der Waals surface area contributed by atoms with E-state index in [-0.39, 0.29) is 10.8 Å². The molecule has 2 aromatic heterocycles. The molecule has 0 fully saturated rings. The molecule has 0 unspecified atom stereocenters. The van der Waals surface area contributed by atoms with Crippen molar-refractivity contribution in [2.24, 2.45) is 0 Å². The molecule has 0 radical (unpaired) electrons. The van der Waals surface area contributed by atoms with Crippen LogP contribution < -0.4 is 0 Å². The van der Waals surface area contributed by atoms with Crippen LogP contribution >= 0.6 is 0 Å². The number of rotatable bonds is 5. The van der Waals surface area contributed by atoms with Gasteiger partial charge in [-0.2, -0.15) is 0 Å². The Balaban J connectivity index is 1.12. The van der Waals surface area contributed by atoms with Crippen LogP contribution in [0.2, 0.25) is 0 Å². The minimum absolute atomic E-state index is 0.0312. The highest BCUT2D eigenvalue weighted by Crippen LogP contribution is 2.51. The molecule has 0 saturated heterocycles. The Hall–Kier alpha value is -7.43. The van der Waals surface area contributed by atoms with Gasteiger partial charge in [0.2, 0.25) is 0 Å². The molecule has 0 N–H and O–H groups in total. The number of nitrogens with zero attached hydrogens (tertiary/aromatic N) is 4. The van der Waals surface area contributed by atoms with Gasteiger partial charge in [-0.3, -0.25) is 0 Å². The van der Waals surface area contributed by atoms with Crippen molar-refractivity contribution in [2.45, 2.75) is 51.4 Å². The second-order valence-electron chi connectivity index (χ2n) is 18.7. The second-order valence-corrected chi connectivity index (χ2v) is 18.7. The predicted molar refractivity (Wildman–Crippen MR) is 264 cm³/mol. The first-order valence-electron chi connectivity index (χ1n) is 22.2. The van der Waals surface area contributed by atoms with Gasteiger partial charge < -0.3 is 4.57 Å². The van der Waals surface area contributed by atoms with Crippen LogP contribution in [0.1, 0.15) is 51.7 Å². The Morgan fingerprint density at radius 1 is 0.413 bits per heavy atom. The van der Waals surface area contributed by atoms with E-state index in [9.17, 15) is 0 Å². The normalized spacial score (nSPS) is 14.5. The number of hydrogen-bond acceptors (Lipinski definition) is 3. The lowest BCUT2D eigenvalue weighted by Crippen LogP contribution is -2.34. The highest BCUT2D eigenvalue weighted by atomic mass is 15.0. The fourth-order valence-electron chi connectivity index (χ4n) is 10.5. The molecule has 0 bridgehead atoms. The van der Waals surface area contributed by atoms with Gasteiger partial charge in [0.05, 0.1) is 16.7 Å². The van der Waals surface area contributed by atoms with E-state index >= 15 is 0 Å². The summed E-state index contributed by atoms with van der Waals surface area (Å²) in [7, 11) is 0. The van der Waals surface area contributed by atoms with E-state index in [1.54, 1.807) is 0 Å². The van der Waals surface area contributed by atoms with Crippen molar-refractivity contribution in [3.63, 3.8) is 0 Å². The van der Waals surface area contributed by atoms with Gasteiger partial charge in [0.1, 0.15) is 0 Å². The monoisotopic (exact) mass is 810 g/mol. The zero-order valence-electron chi connectivity index (χ0n) is 36.0. The maximum atomic E-state index is 5.33. The molecule has 1 aliphatic carbocycles. The molecule has 0 amide bonds. The second kappa shape index (κ2) is 14.1. The summed E-state index contributed by atoms with van der Waals surface area (Å²) >= 11 is 0. The SMILES string of the molecule is CC1(C)CCC(C)(C)c2c1ccc1c3c4ccccc4ccc3n(-c3cc(-c4nc(-c5ccccc5)nc(-c5ccc(-c6cccc7ccccc67)cc5)n4)cc4ccccc34)c21.